The molecule has 0 saturated carbocycles. The molecule has 0 atom stereocenters. The minimum Gasteiger partial charge on any atom is -0.453 e. The molecule has 0 saturated heterocycles. The number of H-pyrrole nitrogens is 1. The molecule has 5 N–H and O–H groups in total. The van der Waals surface area contributed by atoms with Gasteiger partial charge in [-0.2, -0.15) is 0 Å². The topological polar surface area (TPSA) is 166 Å². The zero-order chi connectivity index (χ0) is 24.0. The second kappa shape index (κ2) is 10.1. The van der Waals surface area contributed by atoms with Crippen molar-refractivity contribution in [2.45, 2.75) is 26.2 Å². The van der Waals surface area contributed by atoms with Crippen LogP contribution in [0.4, 0.5) is 21.0 Å². The van der Waals surface area contributed by atoms with Crippen molar-refractivity contribution in [1.29, 1.82) is 0 Å². The first kappa shape index (κ1) is 23.6. The number of aromatic amines is 1. The van der Waals surface area contributed by atoms with E-state index in [1.54, 1.807) is 12.3 Å². The van der Waals surface area contributed by atoms with Crippen LogP contribution in [-0.4, -0.2) is 63.1 Å². The van der Waals surface area contributed by atoms with Gasteiger partial charge in [-0.15, -0.1) is 0 Å². The van der Waals surface area contributed by atoms with Crippen molar-refractivity contribution < 1.29 is 18.7 Å². The second-order valence-electron chi connectivity index (χ2n) is 7.87. The molecule has 3 aromatic heterocycles. The van der Waals surface area contributed by atoms with Crippen LogP contribution >= 0.6 is 0 Å². The average Bonchev–Trinajstić information content (AvgIpc) is 3.24. The van der Waals surface area contributed by atoms with Gasteiger partial charge in [0.2, 0.25) is 12.8 Å². The standard InChI is InChI=1S/C20H26FN9O3/c1-20(2,3)17-29-13(14(30-17)12-9-26-15(22)16(27-12)33-10-21)11-5-6-23-18(28-11)24-7-8-25-19(31)32-4/h5-6,9H,7-8,10H2,1-4H3,(H2,22,26)(H,25,31)(H,29,30)(H,23,24,28). The van der Waals surface area contributed by atoms with Crippen LogP contribution in [0.3, 0.4) is 0 Å². The number of halogens is 1. The Morgan fingerprint density at radius 3 is 2.67 bits per heavy atom. The van der Waals surface area contributed by atoms with Gasteiger partial charge < -0.3 is 30.8 Å². The first-order chi connectivity index (χ1) is 15.7. The summed E-state index contributed by atoms with van der Waals surface area (Å²) in [7, 11) is 1.29. The highest BCUT2D eigenvalue weighted by Gasteiger charge is 2.24. The molecule has 0 aliphatic rings. The van der Waals surface area contributed by atoms with Gasteiger partial charge in [-0.05, 0) is 6.07 Å². The van der Waals surface area contributed by atoms with E-state index < -0.39 is 13.0 Å². The van der Waals surface area contributed by atoms with Gasteiger partial charge in [0.25, 0.3) is 5.88 Å². The van der Waals surface area contributed by atoms with E-state index in [2.05, 4.69) is 40.3 Å². The lowest BCUT2D eigenvalue weighted by molar-refractivity contribution is 0.171. The van der Waals surface area contributed by atoms with Crippen LogP contribution in [0.5, 0.6) is 5.88 Å². The van der Waals surface area contributed by atoms with Crippen molar-refractivity contribution in [2.75, 3.05) is 38.1 Å². The summed E-state index contributed by atoms with van der Waals surface area (Å²) in [6, 6.07) is 1.71. The first-order valence-corrected chi connectivity index (χ1v) is 10.0. The first-order valence-electron chi connectivity index (χ1n) is 10.0. The summed E-state index contributed by atoms with van der Waals surface area (Å²) in [5.41, 5.74) is 7.32. The van der Waals surface area contributed by atoms with Crippen molar-refractivity contribution in [3.63, 3.8) is 0 Å². The molecule has 3 rings (SSSR count). The van der Waals surface area contributed by atoms with E-state index in [4.69, 9.17) is 15.5 Å². The molecule has 176 valence electrons. The lowest BCUT2D eigenvalue weighted by Crippen LogP contribution is -2.28. The molecule has 12 nitrogen and oxygen atoms in total. The van der Waals surface area contributed by atoms with Crippen molar-refractivity contribution in [2.24, 2.45) is 0 Å². The molecule has 33 heavy (non-hydrogen) atoms. The number of nitrogens with one attached hydrogen (secondary N) is 3. The highest BCUT2D eigenvalue weighted by molar-refractivity contribution is 5.75. The number of methoxy groups -OCH3 is 1. The molecule has 0 aliphatic heterocycles. The third-order valence-electron chi connectivity index (χ3n) is 4.39. The average molecular weight is 459 g/mol. The monoisotopic (exact) mass is 459 g/mol. The van der Waals surface area contributed by atoms with Gasteiger partial charge in [-0.3, -0.25) is 0 Å². The van der Waals surface area contributed by atoms with Gasteiger partial charge >= 0.3 is 6.09 Å². The molecule has 0 aromatic carbocycles. The molecular weight excluding hydrogens is 433 g/mol. The maximum atomic E-state index is 12.7. The minimum absolute atomic E-state index is 0.0291. The number of nitrogens with zero attached hydrogens (tertiary/aromatic N) is 5. The Morgan fingerprint density at radius 1 is 1.18 bits per heavy atom. The van der Waals surface area contributed by atoms with E-state index in [0.29, 0.717) is 47.6 Å². The lowest BCUT2D eigenvalue weighted by Gasteiger charge is -2.14. The molecule has 3 heterocycles. The van der Waals surface area contributed by atoms with E-state index in [0.717, 1.165) is 0 Å². The van der Waals surface area contributed by atoms with Crippen LogP contribution in [0, 0.1) is 0 Å². The Bertz CT molecular complexity index is 1110. The van der Waals surface area contributed by atoms with Crippen LogP contribution < -0.4 is 21.1 Å². The number of ether oxygens (including phenoxy) is 2. The number of carbonyl (C=O) groups excluding carboxylic acids is 1. The molecule has 0 unspecified atom stereocenters. The van der Waals surface area contributed by atoms with Gasteiger partial charge in [0.05, 0.1) is 24.7 Å². The molecule has 0 fully saturated rings. The Labute approximate surface area is 189 Å². The van der Waals surface area contributed by atoms with Crippen LogP contribution in [-0.2, 0) is 10.2 Å². The highest BCUT2D eigenvalue weighted by Crippen LogP contribution is 2.33. The van der Waals surface area contributed by atoms with E-state index in [-0.39, 0.29) is 17.1 Å². The van der Waals surface area contributed by atoms with E-state index in [9.17, 15) is 9.18 Å². The van der Waals surface area contributed by atoms with Crippen LogP contribution in [0.25, 0.3) is 22.8 Å². The molecule has 3 aromatic rings. The predicted molar refractivity (Wildman–Crippen MR) is 119 cm³/mol. The van der Waals surface area contributed by atoms with Crippen LogP contribution in [0.1, 0.15) is 26.6 Å². The fourth-order valence-corrected chi connectivity index (χ4v) is 2.75. The number of anilines is 2. The maximum absolute atomic E-state index is 12.7. The number of hydrogen-bond acceptors (Lipinski definition) is 10. The number of rotatable bonds is 8. The Hall–Kier alpha value is -4.03. The minimum atomic E-state index is -1.09. The van der Waals surface area contributed by atoms with Gasteiger partial charge in [0.1, 0.15) is 17.2 Å². The number of imidazole rings is 1. The fraction of sp³-hybridized carbons (Fsp3) is 0.400. The number of amides is 1. The maximum Gasteiger partial charge on any atom is 0.406 e. The smallest absolute Gasteiger partial charge is 0.406 e. The molecule has 13 heteroatoms. The van der Waals surface area contributed by atoms with Crippen LogP contribution in [0.15, 0.2) is 18.5 Å². The van der Waals surface area contributed by atoms with Gasteiger partial charge in [-0.1, -0.05) is 20.8 Å². The zero-order valence-electron chi connectivity index (χ0n) is 18.8. The summed E-state index contributed by atoms with van der Waals surface area (Å²) in [5.74, 6) is 0.888. The highest BCUT2D eigenvalue weighted by atomic mass is 19.1. The molecule has 1 amide bonds. The number of alkyl carbamates (subject to hydrolysis) is 1. The summed E-state index contributed by atoms with van der Waals surface area (Å²) < 4.78 is 22.1. The lowest BCUT2D eigenvalue weighted by atomic mass is 9.96. The quantitative estimate of drug-likeness (QED) is 0.367. The van der Waals surface area contributed by atoms with Crippen molar-refractivity contribution in [3.05, 3.63) is 24.3 Å². The van der Waals surface area contributed by atoms with Crippen molar-refractivity contribution >= 4 is 17.9 Å². The van der Waals surface area contributed by atoms with E-state index in [1.165, 1.54) is 13.3 Å². The number of hydrogen-bond donors (Lipinski definition) is 4. The molecule has 0 aliphatic carbocycles. The number of nitrogens with two attached hydrogens (primary N) is 1. The Balaban J connectivity index is 1.95. The summed E-state index contributed by atoms with van der Waals surface area (Å²) in [6.07, 6.45) is 2.50. The SMILES string of the molecule is COC(=O)NCCNc1nccc(-c2[nH]c(C(C)(C)C)nc2-c2cnc(N)c(OCF)n2)n1. The summed E-state index contributed by atoms with van der Waals surface area (Å²) in [6.45, 7) is 5.64. The van der Waals surface area contributed by atoms with Crippen molar-refractivity contribution in [1.82, 2.24) is 35.2 Å². The summed E-state index contributed by atoms with van der Waals surface area (Å²) in [5, 5.41) is 5.59. The molecular formula is C20H26FN9O3. The third-order valence-corrected chi connectivity index (χ3v) is 4.39. The number of alkyl halides is 1. The zero-order valence-corrected chi connectivity index (χ0v) is 18.8. The Morgan fingerprint density at radius 2 is 1.97 bits per heavy atom. The van der Waals surface area contributed by atoms with Crippen molar-refractivity contribution in [3.8, 4) is 28.7 Å². The van der Waals surface area contributed by atoms with Gasteiger partial charge in [-0.25, -0.2) is 34.1 Å². The number of nitrogen functional groups attached to an aromatic ring is 1. The Kier molecular flexibility index (Phi) is 7.20. The summed E-state index contributed by atoms with van der Waals surface area (Å²) in [4.78, 5) is 36.2. The largest absolute Gasteiger partial charge is 0.453 e. The van der Waals surface area contributed by atoms with E-state index >= 15 is 0 Å². The van der Waals surface area contributed by atoms with Crippen LogP contribution in [0.2, 0.25) is 0 Å². The predicted octanol–water partition coefficient (Wildman–Crippen LogP) is 2.28. The number of carbonyl (C=O) groups is 1. The molecule has 0 radical (unpaired) electrons. The van der Waals surface area contributed by atoms with Gasteiger partial charge in [0, 0.05) is 24.7 Å². The molecule has 0 bridgehead atoms. The summed E-state index contributed by atoms with van der Waals surface area (Å²) >= 11 is 0. The normalized spacial score (nSPS) is 11.2. The number of aromatic nitrogens is 6. The fourth-order valence-electron chi connectivity index (χ4n) is 2.75. The second-order valence-corrected chi connectivity index (χ2v) is 7.87. The molecule has 0 spiro atoms. The van der Waals surface area contributed by atoms with Gasteiger partial charge in [0.15, 0.2) is 5.82 Å². The third kappa shape index (κ3) is 5.81. The van der Waals surface area contributed by atoms with E-state index in [1.807, 2.05) is 20.8 Å².